The third-order valence-corrected chi connectivity index (χ3v) is 2.61. The highest BCUT2D eigenvalue weighted by molar-refractivity contribution is 5.99. The van der Waals surface area contributed by atoms with Crippen molar-refractivity contribution in [2.24, 2.45) is 5.41 Å². The number of aliphatic carboxylic acids is 1. The monoisotopic (exact) mass is 289 g/mol. The molecule has 0 aliphatic rings. The molecule has 0 aromatic heterocycles. The van der Waals surface area contributed by atoms with Crippen molar-refractivity contribution in [3.8, 4) is 0 Å². The Labute approximate surface area is 118 Å². The Morgan fingerprint density at radius 1 is 1.15 bits per heavy atom. The van der Waals surface area contributed by atoms with Gasteiger partial charge in [0.2, 0.25) is 0 Å². The van der Waals surface area contributed by atoms with E-state index in [-0.39, 0.29) is 19.6 Å². The van der Waals surface area contributed by atoms with Gasteiger partial charge in [-0.2, -0.15) is 0 Å². The Kier molecular flexibility index (Phi) is 6.48. The van der Waals surface area contributed by atoms with Crippen molar-refractivity contribution in [2.45, 2.75) is 46.6 Å². The van der Waals surface area contributed by atoms with Crippen LogP contribution in [0.25, 0.3) is 0 Å². The zero-order chi connectivity index (χ0) is 16.0. The van der Waals surface area contributed by atoms with Crippen molar-refractivity contribution in [1.82, 2.24) is 5.32 Å². The van der Waals surface area contributed by atoms with Gasteiger partial charge < -0.3 is 19.9 Å². The van der Waals surface area contributed by atoms with Crippen LogP contribution >= 0.6 is 0 Å². The van der Waals surface area contributed by atoms with Crippen molar-refractivity contribution < 1.29 is 29.0 Å². The van der Waals surface area contributed by atoms with E-state index in [1.807, 2.05) is 0 Å². The number of alkyl carbamates (subject to hydrolysis) is 1. The fourth-order valence-corrected chi connectivity index (χ4v) is 1.46. The van der Waals surface area contributed by atoms with Crippen LogP contribution in [0.3, 0.4) is 0 Å². The Morgan fingerprint density at radius 2 is 1.70 bits per heavy atom. The average molecular weight is 289 g/mol. The number of nitrogens with one attached hydrogen (secondary N) is 1. The van der Waals surface area contributed by atoms with E-state index in [4.69, 9.17) is 9.47 Å². The number of hydrogen-bond acceptors (Lipinski definition) is 5. The smallest absolute Gasteiger partial charge is 0.407 e. The van der Waals surface area contributed by atoms with Crippen molar-refractivity contribution in [2.75, 3.05) is 13.2 Å². The molecule has 0 aromatic rings. The molecule has 1 amide bonds. The Hall–Kier alpha value is -1.79. The van der Waals surface area contributed by atoms with Gasteiger partial charge >= 0.3 is 18.0 Å². The molecular formula is C13H23NO6. The second-order valence-corrected chi connectivity index (χ2v) is 5.32. The van der Waals surface area contributed by atoms with Crippen LogP contribution in [0.4, 0.5) is 4.79 Å². The summed E-state index contributed by atoms with van der Waals surface area (Å²) in [6.45, 7) is 7.86. The molecule has 1 atom stereocenters. The largest absolute Gasteiger partial charge is 0.480 e. The lowest BCUT2D eigenvalue weighted by molar-refractivity contribution is -0.168. The number of carbonyl (C=O) groups excluding carboxylic acids is 2. The molecule has 2 N–H and O–H groups in total. The molecular weight excluding hydrogens is 266 g/mol. The summed E-state index contributed by atoms with van der Waals surface area (Å²) < 4.78 is 9.78. The van der Waals surface area contributed by atoms with Crippen LogP contribution in [0.2, 0.25) is 0 Å². The van der Waals surface area contributed by atoms with E-state index in [0.29, 0.717) is 0 Å². The summed E-state index contributed by atoms with van der Waals surface area (Å²) in [4.78, 5) is 34.8. The van der Waals surface area contributed by atoms with Gasteiger partial charge in [-0.25, -0.2) is 4.79 Å². The third-order valence-electron chi connectivity index (χ3n) is 2.61. The zero-order valence-corrected chi connectivity index (χ0v) is 12.6. The molecule has 116 valence electrons. The van der Waals surface area contributed by atoms with Crippen LogP contribution in [0, 0.1) is 5.41 Å². The first kappa shape index (κ1) is 18.2. The molecule has 0 rings (SSSR count). The van der Waals surface area contributed by atoms with E-state index < -0.39 is 29.0 Å². The number of carboxylic acid groups (broad SMARTS) is 1. The third kappa shape index (κ3) is 5.07. The minimum absolute atomic E-state index is 0.00301. The SMILES string of the molecule is CCOC(=O)C(CC)(CNC(=O)OC(C)(C)C)C(=O)O. The van der Waals surface area contributed by atoms with Gasteiger partial charge in [0, 0.05) is 6.54 Å². The summed E-state index contributed by atoms with van der Waals surface area (Å²) in [5.41, 5.74) is -2.50. The van der Waals surface area contributed by atoms with Crippen molar-refractivity contribution in [3.05, 3.63) is 0 Å². The van der Waals surface area contributed by atoms with Gasteiger partial charge in [-0.3, -0.25) is 9.59 Å². The second kappa shape index (κ2) is 7.12. The minimum Gasteiger partial charge on any atom is -0.480 e. The van der Waals surface area contributed by atoms with E-state index in [1.165, 1.54) is 0 Å². The number of carbonyl (C=O) groups is 3. The molecule has 0 saturated carbocycles. The number of hydrogen-bond donors (Lipinski definition) is 2. The van der Waals surface area contributed by atoms with Crippen molar-refractivity contribution >= 4 is 18.0 Å². The first-order valence-corrected chi connectivity index (χ1v) is 6.46. The molecule has 1 unspecified atom stereocenters. The van der Waals surface area contributed by atoms with Crippen molar-refractivity contribution in [3.63, 3.8) is 0 Å². The summed E-state index contributed by atoms with van der Waals surface area (Å²) in [6, 6.07) is 0. The molecule has 0 aliphatic heterocycles. The highest BCUT2D eigenvalue weighted by Gasteiger charge is 2.46. The van der Waals surface area contributed by atoms with Gasteiger partial charge in [-0.15, -0.1) is 0 Å². The van der Waals surface area contributed by atoms with Crippen LogP contribution in [0.5, 0.6) is 0 Å². The van der Waals surface area contributed by atoms with E-state index in [1.54, 1.807) is 34.6 Å². The van der Waals surface area contributed by atoms with Gasteiger partial charge in [0.15, 0.2) is 5.41 Å². The van der Waals surface area contributed by atoms with E-state index in [2.05, 4.69) is 5.32 Å². The molecule has 20 heavy (non-hydrogen) atoms. The van der Waals surface area contributed by atoms with Crippen LogP contribution in [-0.4, -0.2) is 41.9 Å². The molecule has 0 spiro atoms. The Balaban J connectivity index is 4.88. The lowest BCUT2D eigenvalue weighted by Crippen LogP contribution is -2.49. The summed E-state index contributed by atoms with van der Waals surface area (Å²) in [7, 11) is 0. The Bertz CT molecular complexity index is 374. The van der Waals surface area contributed by atoms with Crippen LogP contribution in [-0.2, 0) is 19.1 Å². The molecule has 0 bridgehead atoms. The fourth-order valence-electron chi connectivity index (χ4n) is 1.46. The molecule has 0 heterocycles. The maximum absolute atomic E-state index is 11.8. The van der Waals surface area contributed by atoms with E-state index in [9.17, 15) is 19.5 Å². The lowest BCUT2D eigenvalue weighted by Gasteiger charge is -2.27. The maximum Gasteiger partial charge on any atom is 0.407 e. The maximum atomic E-state index is 11.8. The van der Waals surface area contributed by atoms with Gasteiger partial charge in [0.05, 0.1) is 6.61 Å². The Morgan fingerprint density at radius 3 is 2.05 bits per heavy atom. The van der Waals surface area contributed by atoms with Gasteiger partial charge in [0.1, 0.15) is 5.60 Å². The topological polar surface area (TPSA) is 102 Å². The number of ether oxygens (including phenoxy) is 2. The number of carboxylic acids is 1. The van der Waals surface area contributed by atoms with E-state index in [0.717, 1.165) is 0 Å². The van der Waals surface area contributed by atoms with Crippen LogP contribution in [0.1, 0.15) is 41.0 Å². The van der Waals surface area contributed by atoms with Crippen LogP contribution in [0.15, 0.2) is 0 Å². The number of esters is 1. The predicted molar refractivity (Wildman–Crippen MR) is 71.2 cm³/mol. The van der Waals surface area contributed by atoms with Crippen molar-refractivity contribution in [1.29, 1.82) is 0 Å². The molecule has 0 aliphatic carbocycles. The molecule has 7 nitrogen and oxygen atoms in total. The summed E-state index contributed by atoms with van der Waals surface area (Å²) >= 11 is 0. The standard InChI is InChI=1S/C13H23NO6/c1-6-13(9(15)16,10(17)19-7-2)8-14-11(18)20-12(3,4)5/h6-8H2,1-5H3,(H,14,18)(H,15,16). The highest BCUT2D eigenvalue weighted by Crippen LogP contribution is 2.24. The second-order valence-electron chi connectivity index (χ2n) is 5.32. The fraction of sp³-hybridized carbons (Fsp3) is 0.769. The highest BCUT2D eigenvalue weighted by atomic mass is 16.6. The number of rotatable bonds is 6. The number of amides is 1. The molecule has 0 saturated heterocycles. The average Bonchev–Trinajstić information content (AvgIpc) is 2.27. The quantitative estimate of drug-likeness (QED) is 0.568. The predicted octanol–water partition coefficient (Wildman–Crippen LogP) is 1.56. The van der Waals surface area contributed by atoms with Crippen LogP contribution < -0.4 is 5.32 Å². The summed E-state index contributed by atoms with van der Waals surface area (Å²) in [5, 5.41) is 11.6. The molecule has 0 aromatic carbocycles. The lowest BCUT2D eigenvalue weighted by atomic mass is 9.85. The van der Waals surface area contributed by atoms with E-state index >= 15 is 0 Å². The van der Waals surface area contributed by atoms with Gasteiger partial charge in [0.25, 0.3) is 0 Å². The van der Waals surface area contributed by atoms with Gasteiger partial charge in [-0.05, 0) is 34.1 Å². The first-order chi connectivity index (χ1) is 9.09. The summed E-state index contributed by atoms with van der Waals surface area (Å²) in [5.74, 6) is -2.21. The normalized spacial score (nSPS) is 14.1. The summed E-state index contributed by atoms with van der Waals surface area (Å²) in [6.07, 6.45) is -0.780. The zero-order valence-electron chi connectivity index (χ0n) is 12.6. The first-order valence-electron chi connectivity index (χ1n) is 6.46. The molecule has 0 fully saturated rings. The molecule has 0 radical (unpaired) electrons. The molecule has 7 heteroatoms. The minimum atomic E-state index is -1.80. The van der Waals surface area contributed by atoms with Gasteiger partial charge in [-0.1, -0.05) is 6.92 Å².